The van der Waals surface area contributed by atoms with Gasteiger partial charge >= 0.3 is 0 Å². The van der Waals surface area contributed by atoms with Gasteiger partial charge in [0.25, 0.3) is 5.91 Å². The summed E-state index contributed by atoms with van der Waals surface area (Å²) in [5.74, 6) is 0.673. The maximum Gasteiger partial charge on any atom is 0.269 e. The van der Waals surface area contributed by atoms with Crippen molar-refractivity contribution in [2.24, 2.45) is 0 Å². The number of ether oxygens (including phenoxy) is 2. The summed E-state index contributed by atoms with van der Waals surface area (Å²) in [5, 5.41) is 6.05. The van der Waals surface area contributed by atoms with Crippen molar-refractivity contribution < 1.29 is 22.7 Å². The van der Waals surface area contributed by atoms with E-state index < -0.39 is 22.0 Å². The van der Waals surface area contributed by atoms with E-state index in [1.807, 2.05) is 13.0 Å². The Kier molecular flexibility index (Phi) is 7.40. The van der Waals surface area contributed by atoms with Crippen molar-refractivity contribution in [1.29, 1.82) is 0 Å². The number of nitrogens with zero attached hydrogens (tertiary/aromatic N) is 1. The molecule has 8 nitrogen and oxygen atoms in total. The number of nitrogens with one attached hydrogen (secondary N) is 2. The Morgan fingerprint density at radius 3 is 2.45 bits per heavy atom. The van der Waals surface area contributed by atoms with E-state index in [9.17, 15) is 13.2 Å². The first-order valence-corrected chi connectivity index (χ1v) is 11.9. The van der Waals surface area contributed by atoms with Gasteiger partial charge in [-0.05, 0) is 36.8 Å². The zero-order valence-corrected chi connectivity index (χ0v) is 18.9. The van der Waals surface area contributed by atoms with Crippen molar-refractivity contribution in [2.45, 2.75) is 38.2 Å². The quantitative estimate of drug-likeness (QED) is 0.612. The average molecular weight is 448 g/mol. The molecule has 0 unspecified atom stereocenters. The van der Waals surface area contributed by atoms with Gasteiger partial charge in [-0.15, -0.1) is 0 Å². The van der Waals surface area contributed by atoms with Gasteiger partial charge in [-0.25, -0.2) is 8.42 Å². The molecule has 31 heavy (non-hydrogen) atoms. The molecule has 0 spiro atoms. The van der Waals surface area contributed by atoms with E-state index in [0.29, 0.717) is 42.5 Å². The van der Waals surface area contributed by atoms with E-state index in [-0.39, 0.29) is 11.5 Å². The third-order valence-corrected chi connectivity index (χ3v) is 7.00. The predicted molar refractivity (Wildman–Crippen MR) is 120 cm³/mol. The predicted octanol–water partition coefficient (Wildman–Crippen LogP) is 3.32. The number of anilines is 2. The van der Waals surface area contributed by atoms with Crippen LogP contribution in [0.25, 0.3) is 0 Å². The first-order chi connectivity index (χ1) is 14.9. The van der Waals surface area contributed by atoms with Crippen LogP contribution in [0.15, 0.2) is 47.4 Å². The van der Waals surface area contributed by atoms with Gasteiger partial charge in [0.15, 0.2) is 11.5 Å². The molecule has 2 N–H and O–H groups in total. The first kappa shape index (κ1) is 22.9. The molecular weight excluding hydrogens is 418 g/mol. The highest BCUT2D eigenvalue weighted by atomic mass is 32.2. The summed E-state index contributed by atoms with van der Waals surface area (Å²) in [6.07, 6.45) is 0.0282. The van der Waals surface area contributed by atoms with Crippen LogP contribution in [-0.4, -0.2) is 51.0 Å². The fourth-order valence-electron chi connectivity index (χ4n) is 3.28. The number of hydrogen-bond donors (Lipinski definition) is 2. The molecule has 1 aliphatic heterocycles. The molecule has 0 bridgehead atoms. The second-order valence-corrected chi connectivity index (χ2v) is 9.01. The Bertz CT molecular complexity index is 1020. The summed E-state index contributed by atoms with van der Waals surface area (Å²) in [6.45, 7) is 7.08. The minimum absolute atomic E-state index is 0.0675. The minimum Gasteiger partial charge on any atom is -0.485 e. The largest absolute Gasteiger partial charge is 0.485 e. The number of sulfonamides is 1. The molecule has 2 aromatic rings. The molecule has 0 saturated heterocycles. The van der Waals surface area contributed by atoms with Crippen LogP contribution in [0.1, 0.15) is 27.2 Å². The van der Waals surface area contributed by atoms with Gasteiger partial charge in [0.2, 0.25) is 16.1 Å². The smallest absolute Gasteiger partial charge is 0.269 e. The number of hydrogen-bond acceptors (Lipinski definition) is 6. The lowest BCUT2D eigenvalue weighted by molar-refractivity contribution is -0.125. The van der Waals surface area contributed by atoms with Crippen LogP contribution in [0, 0.1) is 0 Å². The zero-order valence-electron chi connectivity index (χ0n) is 18.1. The minimum atomic E-state index is -3.66. The molecule has 0 saturated carbocycles. The van der Waals surface area contributed by atoms with E-state index in [4.69, 9.17) is 9.47 Å². The molecule has 2 aromatic carbocycles. The van der Waals surface area contributed by atoms with Crippen LogP contribution >= 0.6 is 0 Å². The third-order valence-electron chi connectivity index (χ3n) is 4.96. The number of benzene rings is 2. The molecule has 0 aliphatic carbocycles. The lowest BCUT2D eigenvalue weighted by Gasteiger charge is -2.26. The fourth-order valence-corrected chi connectivity index (χ4v) is 4.76. The standard InChI is InChI=1S/C22H29N3O5S/c1-4-13-23-17-12-11-16(31(27,28)25(5-2)6-3)14-18(17)24-22(26)21-15-29-19-9-7-8-10-20(19)30-21/h7-12,14,21,23H,4-6,13,15H2,1-3H3,(H,24,26)/t21-/m1/s1. The molecule has 0 radical (unpaired) electrons. The summed E-state index contributed by atoms with van der Waals surface area (Å²) in [7, 11) is -3.66. The van der Waals surface area contributed by atoms with E-state index in [1.54, 1.807) is 44.2 Å². The maximum absolute atomic E-state index is 12.9. The van der Waals surface area contributed by atoms with Crippen LogP contribution < -0.4 is 20.1 Å². The second kappa shape index (κ2) is 10.0. The molecule has 1 atom stereocenters. The van der Waals surface area contributed by atoms with Crippen molar-refractivity contribution in [3.8, 4) is 11.5 Å². The molecule has 1 heterocycles. The topological polar surface area (TPSA) is 97.0 Å². The van der Waals surface area contributed by atoms with Crippen LogP contribution in [-0.2, 0) is 14.8 Å². The molecule has 0 fully saturated rings. The maximum atomic E-state index is 12.9. The SMILES string of the molecule is CCCNc1ccc(S(=O)(=O)N(CC)CC)cc1NC(=O)[C@H]1COc2ccccc2O1. The van der Waals surface area contributed by atoms with Crippen molar-refractivity contribution in [2.75, 3.05) is 36.9 Å². The van der Waals surface area contributed by atoms with Crippen molar-refractivity contribution in [3.05, 3.63) is 42.5 Å². The number of fused-ring (bicyclic) bond motifs is 1. The van der Waals surface area contributed by atoms with Gasteiger partial charge in [0.05, 0.1) is 16.3 Å². The highest BCUT2D eigenvalue weighted by Crippen LogP contribution is 2.32. The summed E-state index contributed by atoms with van der Waals surface area (Å²) in [4.78, 5) is 13.0. The van der Waals surface area contributed by atoms with Crippen molar-refractivity contribution in [1.82, 2.24) is 4.31 Å². The monoisotopic (exact) mass is 447 g/mol. The number of amides is 1. The second-order valence-electron chi connectivity index (χ2n) is 7.08. The van der Waals surface area contributed by atoms with Crippen LogP contribution in [0.4, 0.5) is 11.4 Å². The van der Waals surface area contributed by atoms with E-state index in [2.05, 4.69) is 10.6 Å². The summed E-state index contributed by atoms with van der Waals surface area (Å²) < 4.78 is 38.7. The highest BCUT2D eigenvalue weighted by molar-refractivity contribution is 7.89. The molecule has 0 aromatic heterocycles. The Morgan fingerprint density at radius 2 is 1.77 bits per heavy atom. The normalized spacial score (nSPS) is 15.5. The summed E-state index contributed by atoms with van der Waals surface area (Å²) >= 11 is 0. The molecular formula is C22H29N3O5S. The van der Waals surface area contributed by atoms with Gasteiger partial charge < -0.3 is 20.1 Å². The van der Waals surface area contributed by atoms with Gasteiger partial charge in [0.1, 0.15) is 6.61 Å². The summed E-state index contributed by atoms with van der Waals surface area (Å²) in [6, 6.07) is 11.9. The Morgan fingerprint density at radius 1 is 1.06 bits per heavy atom. The Hall–Kier alpha value is -2.78. The van der Waals surface area contributed by atoms with Gasteiger partial charge in [-0.2, -0.15) is 4.31 Å². The third kappa shape index (κ3) is 5.11. The molecule has 3 rings (SSSR count). The van der Waals surface area contributed by atoms with Crippen LogP contribution in [0.5, 0.6) is 11.5 Å². The molecule has 1 amide bonds. The number of carbonyl (C=O) groups is 1. The lowest BCUT2D eigenvalue weighted by atomic mass is 10.2. The Balaban J connectivity index is 1.86. The zero-order chi connectivity index (χ0) is 22.4. The fraction of sp³-hybridized carbons (Fsp3) is 0.409. The number of rotatable bonds is 9. The molecule has 168 valence electrons. The van der Waals surface area contributed by atoms with Crippen LogP contribution in [0.2, 0.25) is 0 Å². The Labute approximate surface area is 183 Å². The van der Waals surface area contributed by atoms with Gasteiger partial charge in [-0.3, -0.25) is 4.79 Å². The molecule has 9 heteroatoms. The van der Waals surface area contributed by atoms with E-state index in [1.165, 1.54) is 10.4 Å². The van der Waals surface area contributed by atoms with Crippen LogP contribution in [0.3, 0.4) is 0 Å². The number of para-hydroxylation sites is 2. The van der Waals surface area contributed by atoms with Gasteiger partial charge in [-0.1, -0.05) is 32.9 Å². The first-order valence-electron chi connectivity index (χ1n) is 10.5. The van der Waals surface area contributed by atoms with E-state index >= 15 is 0 Å². The van der Waals surface area contributed by atoms with Crippen molar-refractivity contribution in [3.63, 3.8) is 0 Å². The molecule has 1 aliphatic rings. The summed E-state index contributed by atoms with van der Waals surface area (Å²) in [5.41, 5.74) is 1.03. The van der Waals surface area contributed by atoms with Gasteiger partial charge in [0, 0.05) is 19.6 Å². The highest BCUT2D eigenvalue weighted by Gasteiger charge is 2.29. The van der Waals surface area contributed by atoms with E-state index in [0.717, 1.165) is 6.42 Å². The average Bonchev–Trinajstić information content (AvgIpc) is 2.78. The lowest BCUT2D eigenvalue weighted by Crippen LogP contribution is -2.40. The number of carbonyl (C=O) groups excluding carboxylic acids is 1. The van der Waals surface area contributed by atoms with Crippen molar-refractivity contribution >= 4 is 27.3 Å².